The largest absolute Gasteiger partial charge is 0.478 e. The van der Waals surface area contributed by atoms with Gasteiger partial charge >= 0.3 is 5.97 Å². The third-order valence-corrected chi connectivity index (χ3v) is 2.31. The predicted octanol–water partition coefficient (Wildman–Crippen LogP) is 0.304. The number of pyridine rings is 1. The van der Waals surface area contributed by atoms with Crippen LogP contribution < -0.4 is 4.90 Å². The lowest BCUT2D eigenvalue weighted by molar-refractivity contribution is -0.127. The molecule has 0 aliphatic carbocycles. The second-order valence-corrected chi connectivity index (χ2v) is 3.84. The van der Waals surface area contributed by atoms with Gasteiger partial charge in [0.1, 0.15) is 0 Å². The average Bonchev–Trinajstić information content (AvgIpc) is 2.28. The van der Waals surface area contributed by atoms with Crippen molar-refractivity contribution in [3.63, 3.8) is 0 Å². The van der Waals surface area contributed by atoms with Crippen molar-refractivity contribution >= 4 is 17.6 Å². The highest BCUT2D eigenvalue weighted by atomic mass is 16.4. The van der Waals surface area contributed by atoms with Gasteiger partial charge in [-0.15, -0.1) is 0 Å². The zero-order valence-electron chi connectivity index (χ0n) is 10.0. The Kier molecular flexibility index (Phi) is 4.03. The van der Waals surface area contributed by atoms with Crippen LogP contribution in [0.5, 0.6) is 0 Å². The summed E-state index contributed by atoms with van der Waals surface area (Å²) in [6, 6.07) is 1.41. The number of carbonyl (C=O) groups excluding carboxylic acids is 1. The smallest absolute Gasteiger partial charge is 0.337 e. The molecule has 0 aromatic carbocycles. The van der Waals surface area contributed by atoms with E-state index in [9.17, 15) is 9.59 Å². The molecule has 1 heterocycles. The molecule has 1 aromatic heterocycles. The van der Waals surface area contributed by atoms with Crippen molar-refractivity contribution in [3.05, 3.63) is 24.0 Å². The molecule has 92 valence electrons. The van der Waals surface area contributed by atoms with Crippen LogP contribution in [0.4, 0.5) is 5.69 Å². The Hall–Kier alpha value is -2.11. The monoisotopic (exact) mass is 237 g/mol. The third-order valence-electron chi connectivity index (χ3n) is 2.31. The summed E-state index contributed by atoms with van der Waals surface area (Å²) in [6.07, 6.45) is 2.85. The molecule has 1 N–H and O–H groups in total. The van der Waals surface area contributed by atoms with Gasteiger partial charge in [-0.05, 0) is 6.07 Å². The lowest BCUT2D eigenvalue weighted by Gasteiger charge is -2.21. The van der Waals surface area contributed by atoms with Crippen molar-refractivity contribution in [1.29, 1.82) is 0 Å². The fraction of sp³-hybridized carbons (Fsp3) is 0.364. The number of hydrogen-bond acceptors (Lipinski definition) is 4. The van der Waals surface area contributed by atoms with Gasteiger partial charge in [-0.25, -0.2) is 4.79 Å². The minimum Gasteiger partial charge on any atom is -0.478 e. The molecule has 1 rings (SSSR count). The molecule has 0 aliphatic rings. The third kappa shape index (κ3) is 3.17. The van der Waals surface area contributed by atoms with Crippen molar-refractivity contribution < 1.29 is 14.7 Å². The van der Waals surface area contributed by atoms with Crippen LogP contribution in [0.2, 0.25) is 0 Å². The van der Waals surface area contributed by atoms with Gasteiger partial charge in [-0.2, -0.15) is 0 Å². The summed E-state index contributed by atoms with van der Waals surface area (Å²) in [7, 11) is 4.96. The highest BCUT2D eigenvalue weighted by molar-refractivity contribution is 5.95. The number of anilines is 1. The van der Waals surface area contributed by atoms with E-state index < -0.39 is 5.97 Å². The summed E-state index contributed by atoms with van der Waals surface area (Å²) in [5.41, 5.74) is 0.559. The molecule has 0 bridgehead atoms. The maximum atomic E-state index is 11.5. The fourth-order valence-electron chi connectivity index (χ4n) is 1.30. The van der Waals surface area contributed by atoms with Crippen LogP contribution in [0.25, 0.3) is 0 Å². The molecule has 0 saturated heterocycles. The lowest BCUT2D eigenvalue weighted by Crippen LogP contribution is -2.35. The van der Waals surface area contributed by atoms with Gasteiger partial charge in [-0.3, -0.25) is 9.78 Å². The number of hydrogen-bond donors (Lipinski definition) is 1. The molecule has 6 nitrogen and oxygen atoms in total. The number of nitrogens with zero attached hydrogens (tertiary/aromatic N) is 3. The van der Waals surface area contributed by atoms with Crippen LogP contribution in [0.1, 0.15) is 10.4 Å². The molecule has 0 atom stereocenters. The van der Waals surface area contributed by atoms with Crippen molar-refractivity contribution in [3.8, 4) is 0 Å². The number of carboxylic acid groups (broad SMARTS) is 1. The first-order valence-electron chi connectivity index (χ1n) is 5.02. The van der Waals surface area contributed by atoms with E-state index in [0.717, 1.165) is 0 Å². The van der Waals surface area contributed by atoms with Gasteiger partial charge in [0.15, 0.2) is 0 Å². The summed E-state index contributed by atoms with van der Waals surface area (Å²) < 4.78 is 0. The fourth-order valence-corrected chi connectivity index (χ4v) is 1.30. The zero-order chi connectivity index (χ0) is 13.0. The van der Waals surface area contributed by atoms with Crippen LogP contribution >= 0.6 is 0 Å². The maximum absolute atomic E-state index is 11.5. The first kappa shape index (κ1) is 13.0. The lowest BCUT2D eigenvalue weighted by atomic mass is 10.2. The summed E-state index contributed by atoms with van der Waals surface area (Å²) >= 11 is 0. The summed E-state index contributed by atoms with van der Waals surface area (Å²) in [4.78, 5) is 29.4. The Morgan fingerprint density at radius 3 is 2.53 bits per heavy atom. The van der Waals surface area contributed by atoms with Crippen molar-refractivity contribution in [2.75, 3.05) is 32.6 Å². The van der Waals surface area contributed by atoms with Gasteiger partial charge in [0, 0.05) is 27.3 Å². The van der Waals surface area contributed by atoms with E-state index in [4.69, 9.17) is 5.11 Å². The van der Waals surface area contributed by atoms with Gasteiger partial charge in [0.05, 0.1) is 24.0 Å². The Bertz CT molecular complexity index is 432. The molecule has 1 aromatic rings. The number of amides is 1. The number of aromatic nitrogens is 1. The first-order valence-corrected chi connectivity index (χ1v) is 5.02. The average molecular weight is 237 g/mol. The Morgan fingerprint density at radius 2 is 2.00 bits per heavy atom. The van der Waals surface area contributed by atoms with Crippen LogP contribution in [0.15, 0.2) is 18.5 Å². The summed E-state index contributed by atoms with van der Waals surface area (Å²) in [6.45, 7) is 0.110. The van der Waals surface area contributed by atoms with Gasteiger partial charge in [0.2, 0.25) is 5.91 Å². The number of carboxylic acids is 1. The highest BCUT2D eigenvalue weighted by Gasteiger charge is 2.16. The molecule has 0 radical (unpaired) electrons. The molecule has 0 aliphatic heterocycles. The Morgan fingerprint density at radius 1 is 1.35 bits per heavy atom. The zero-order valence-corrected chi connectivity index (χ0v) is 10.0. The van der Waals surface area contributed by atoms with E-state index in [2.05, 4.69) is 4.98 Å². The maximum Gasteiger partial charge on any atom is 0.337 e. The van der Waals surface area contributed by atoms with E-state index in [1.54, 1.807) is 26.0 Å². The molecular formula is C11H15N3O3. The molecule has 0 saturated carbocycles. The number of carbonyl (C=O) groups is 2. The van der Waals surface area contributed by atoms with E-state index in [1.165, 1.54) is 23.4 Å². The van der Waals surface area contributed by atoms with E-state index in [0.29, 0.717) is 5.69 Å². The van der Waals surface area contributed by atoms with Gasteiger partial charge < -0.3 is 14.9 Å². The number of aromatic carboxylic acids is 1. The number of likely N-dealkylation sites (N-methyl/N-ethyl adjacent to an activating group) is 2. The minimum absolute atomic E-state index is 0.104. The molecule has 0 unspecified atom stereocenters. The molecular weight excluding hydrogens is 222 g/mol. The van der Waals surface area contributed by atoms with Crippen LogP contribution in [-0.2, 0) is 4.79 Å². The summed E-state index contributed by atoms with van der Waals surface area (Å²) in [5.74, 6) is -1.14. The second-order valence-electron chi connectivity index (χ2n) is 3.84. The molecule has 6 heteroatoms. The van der Waals surface area contributed by atoms with Crippen LogP contribution in [-0.4, -0.2) is 54.6 Å². The topological polar surface area (TPSA) is 73.7 Å². The van der Waals surface area contributed by atoms with E-state index >= 15 is 0 Å². The van der Waals surface area contributed by atoms with Crippen LogP contribution in [0, 0.1) is 0 Å². The number of rotatable bonds is 4. The van der Waals surface area contributed by atoms with Crippen molar-refractivity contribution in [2.45, 2.75) is 0 Å². The summed E-state index contributed by atoms with van der Waals surface area (Å²) in [5, 5.41) is 9.01. The minimum atomic E-state index is -1.04. The van der Waals surface area contributed by atoms with E-state index in [1.807, 2.05) is 0 Å². The normalized spacial score (nSPS) is 9.82. The Labute approximate surface area is 99.5 Å². The standard InChI is InChI=1S/C11H15N3O3/c1-13(2)10(15)7-14(3)9-6-12-5-4-8(9)11(16)17/h4-6H,7H2,1-3H3,(H,16,17). The quantitative estimate of drug-likeness (QED) is 0.815. The van der Waals surface area contributed by atoms with Gasteiger partial charge in [-0.1, -0.05) is 0 Å². The van der Waals surface area contributed by atoms with Crippen molar-refractivity contribution in [1.82, 2.24) is 9.88 Å². The Balaban J connectivity index is 2.92. The van der Waals surface area contributed by atoms with Gasteiger partial charge in [0.25, 0.3) is 0 Å². The molecule has 0 spiro atoms. The SMILES string of the molecule is CN(C)C(=O)CN(C)c1cnccc1C(=O)O. The molecule has 0 fully saturated rings. The van der Waals surface area contributed by atoms with E-state index in [-0.39, 0.29) is 18.0 Å². The van der Waals surface area contributed by atoms with Crippen LogP contribution in [0.3, 0.4) is 0 Å². The van der Waals surface area contributed by atoms with Crippen molar-refractivity contribution in [2.24, 2.45) is 0 Å². The molecule has 1 amide bonds. The highest BCUT2D eigenvalue weighted by Crippen LogP contribution is 2.17. The predicted molar refractivity (Wildman–Crippen MR) is 63.2 cm³/mol. The molecule has 17 heavy (non-hydrogen) atoms. The second kappa shape index (κ2) is 5.29. The first-order chi connectivity index (χ1) is 7.93.